The number of rotatable bonds is 7. The number of hydrogen-bond donors (Lipinski definition) is 1. The first-order valence-electron chi connectivity index (χ1n) is 10.9. The molecular formula is C28H24N2O5. The number of amides is 1. The van der Waals surface area contributed by atoms with Gasteiger partial charge in [0.15, 0.2) is 11.5 Å². The Bertz CT molecular complexity index is 1430. The van der Waals surface area contributed by atoms with Crippen LogP contribution >= 0.6 is 0 Å². The van der Waals surface area contributed by atoms with Gasteiger partial charge in [0.2, 0.25) is 0 Å². The van der Waals surface area contributed by atoms with E-state index in [1.807, 2.05) is 49.4 Å². The molecule has 0 bridgehead atoms. The van der Waals surface area contributed by atoms with Gasteiger partial charge < -0.3 is 14.2 Å². The molecule has 4 aromatic rings. The van der Waals surface area contributed by atoms with Crippen LogP contribution in [0, 0.1) is 6.92 Å². The molecule has 0 heterocycles. The first-order valence-corrected chi connectivity index (χ1v) is 10.9. The van der Waals surface area contributed by atoms with Crippen LogP contribution in [-0.2, 0) is 0 Å². The molecule has 0 spiro atoms. The normalized spacial score (nSPS) is 10.8. The van der Waals surface area contributed by atoms with E-state index in [2.05, 4.69) is 10.5 Å². The summed E-state index contributed by atoms with van der Waals surface area (Å²) in [4.78, 5) is 25.4. The van der Waals surface area contributed by atoms with Crippen molar-refractivity contribution in [2.24, 2.45) is 5.10 Å². The minimum Gasteiger partial charge on any atom is -0.493 e. The fraction of sp³-hybridized carbons (Fsp3) is 0.107. The second kappa shape index (κ2) is 10.5. The monoisotopic (exact) mass is 468 g/mol. The maximum Gasteiger partial charge on any atom is 0.343 e. The van der Waals surface area contributed by atoms with Crippen LogP contribution in [0.3, 0.4) is 0 Å². The maximum atomic E-state index is 12.9. The summed E-state index contributed by atoms with van der Waals surface area (Å²) in [6.07, 6.45) is 1.48. The van der Waals surface area contributed by atoms with Crippen molar-refractivity contribution in [2.75, 3.05) is 14.2 Å². The second-order valence-electron chi connectivity index (χ2n) is 7.73. The smallest absolute Gasteiger partial charge is 0.343 e. The number of benzene rings is 4. The standard InChI is InChI=1S/C28H24N2O5/c1-18-7-6-9-20(15-18)27(31)30-29-17-23-22-10-5-4-8-19(22)11-13-24(23)35-28(32)21-12-14-25(33-2)26(16-21)34-3/h4-17H,1-3H3,(H,30,31)/b29-17-. The number of esters is 1. The molecule has 1 amide bonds. The number of ether oxygens (including phenoxy) is 3. The zero-order valence-corrected chi connectivity index (χ0v) is 19.6. The highest BCUT2D eigenvalue weighted by atomic mass is 16.5. The molecular weight excluding hydrogens is 444 g/mol. The van der Waals surface area contributed by atoms with Crippen LogP contribution < -0.4 is 19.6 Å². The third-order valence-electron chi connectivity index (χ3n) is 5.39. The molecule has 35 heavy (non-hydrogen) atoms. The summed E-state index contributed by atoms with van der Waals surface area (Å²) in [6.45, 7) is 1.91. The molecule has 0 aromatic heterocycles. The minimum absolute atomic E-state index is 0.298. The predicted octanol–water partition coefficient (Wildman–Crippen LogP) is 5.15. The van der Waals surface area contributed by atoms with E-state index in [-0.39, 0.29) is 5.91 Å². The minimum atomic E-state index is -0.570. The summed E-state index contributed by atoms with van der Waals surface area (Å²) in [5.74, 6) is 0.318. The Morgan fingerprint density at radius 2 is 1.57 bits per heavy atom. The summed E-state index contributed by atoms with van der Waals surface area (Å²) in [5.41, 5.74) is 4.87. The van der Waals surface area contributed by atoms with Crippen molar-refractivity contribution < 1.29 is 23.8 Å². The molecule has 0 atom stereocenters. The number of carbonyl (C=O) groups is 2. The average molecular weight is 469 g/mol. The first kappa shape index (κ1) is 23.5. The summed E-state index contributed by atoms with van der Waals surface area (Å²) in [5, 5.41) is 5.89. The summed E-state index contributed by atoms with van der Waals surface area (Å²) in [7, 11) is 3.02. The van der Waals surface area contributed by atoms with Crippen molar-refractivity contribution in [1.29, 1.82) is 0 Å². The van der Waals surface area contributed by atoms with E-state index < -0.39 is 5.97 Å². The second-order valence-corrected chi connectivity index (χ2v) is 7.73. The van der Waals surface area contributed by atoms with Crippen LogP contribution in [0.5, 0.6) is 17.2 Å². The Kier molecular flexibility index (Phi) is 7.07. The predicted molar refractivity (Wildman–Crippen MR) is 135 cm³/mol. The molecule has 0 saturated carbocycles. The summed E-state index contributed by atoms with van der Waals surface area (Å²) >= 11 is 0. The highest BCUT2D eigenvalue weighted by Gasteiger charge is 2.16. The quantitative estimate of drug-likeness (QED) is 0.175. The highest BCUT2D eigenvalue weighted by molar-refractivity contribution is 6.04. The van der Waals surface area contributed by atoms with E-state index in [9.17, 15) is 9.59 Å². The van der Waals surface area contributed by atoms with Gasteiger partial charge in [0.1, 0.15) is 5.75 Å². The van der Waals surface area contributed by atoms with E-state index in [0.717, 1.165) is 16.3 Å². The summed E-state index contributed by atoms with van der Waals surface area (Å²) < 4.78 is 16.2. The largest absolute Gasteiger partial charge is 0.493 e. The zero-order chi connectivity index (χ0) is 24.8. The van der Waals surface area contributed by atoms with E-state index in [0.29, 0.717) is 33.9 Å². The molecule has 0 aliphatic heterocycles. The highest BCUT2D eigenvalue weighted by Crippen LogP contribution is 2.30. The Hall–Kier alpha value is -4.65. The first-order chi connectivity index (χ1) is 17.0. The number of carbonyl (C=O) groups excluding carboxylic acids is 2. The van der Waals surface area contributed by atoms with Crippen LogP contribution in [-0.4, -0.2) is 32.3 Å². The number of aryl methyl sites for hydroxylation is 1. The number of nitrogens with zero attached hydrogens (tertiary/aromatic N) is 1. The molecule has 0 fully saturated rings. The van der Waals surface area contributed by atoms with Crippen LogP contribution in [0.15, 0.2) is 84.0 Å². The molecule has 4 aromatic carbocycles. The Morgan fingerprint density at radius 1 is 0.800 bits per heavy atom. The van der Waals surface area contributed by atoms with Crippen molar-refractivity contribution in [3.05, 3.63) is 101 Å². The number of nitrogens with one attached hydrogen (secondary N) is 1. The molecule has 7 heteroatoms. The number of hydrogen-bond acceptors (Lipinski definition) is 6. The number of fused-ring (bicyclic) bond motifs is 1. The fourth-order valence-electron chi connectivity index (χ4n) is 3.63. The van der Waals surface area contributed by atoms with E-state index in [4.69, 9.17) is 14.2 Å². The zero-order valence-electron chi connectivity index (χ0n) is 19.6. The summed E-state index contributed by atoms with van der Waals surface area (Å²) in [6, 6.07) is 23.2. The molecule has 0 aliphatic carbocycles. The van der Waals surface area contributed by atoms with E-state index in [1.165, 1.54) is 20.4 Å². The number of hydrazone groups is 1. The molecule has 176 valence electrons. The maximum absolute atomic E-state index is 12.9. The molecule has 0 saturated heterocycles. The SMILES string of the molecule is COc1ccc(C(=O)Oc2ccc3ccccc3c2/C=N\NC(=O)c2cccc(C)c2)cc1OC. The average Bonchev–Trinajstić information content (AvgIpc) is 2.89. The van der Waals surface area contributed by atoms with Gasteiger partial charge in [-0.2, -0.15) is 5.10 Å². The lowest BCUT2D eigenvalue weighted by Gasteiger charge is -2.12. The topological polar surface area (TPSA) is 86.2 Å². The molecule has 7 nitrogen and oxygen atoms in total. The molecule has 0 aliphatic rings. The van der Waals surface area contributed by atoms with Gasteiger partial charge in [-0.1, -0.05) is 48.0 Å². The third kappa shape index (κ3) is 5.30. The molecule has 4 rings (SSSR count). The molecule has 0 radical (unpaired) electrons. The van der Waals surface area contributed by atoms with Crippen molar-refractivity contribution in [3.63, 3.8) is 0 Å². The van der Waals surface area contributed by atoms with Crippen molar-refractivity contribution >= 4 is 28.9 Å². The van der Waals surface area contributed by atoms with E-state index >= 15 is 0 Å². The van der Waals surface area contributed by atoms with Gasteiger partial charge in [0.05, 0.1) is 26.0 Å². The molecule has 0 unspecified atom stereocenters. The Balaban J connectivity index is 1.63. The lowest BCUT2D eigenvalue weighted by atomic mass is 10.0. The molecule has 1 N–H and O–H groups in total. The van der Waals surface area contributed by atoms with Gasteiger partial charge >= 0.3 is 5.97 Å². The van der Waals surface area contributed by atoms with Crippen molar-refractivity contribution in [2.45, 2.75) is 6.92 Å². The van der Waals surface area contributed by atoms with Gasteiger partial charge in [0, 0.05) is 11.1 Å². The van der Waals surface area contributed by atoms with Gasteiger partial charge in [-0.25, -0.2) is 10.2 Å². The van der Waals surface area contributed by atoms with Crippen LogP contribution in [0.4, 0.5) is 0 Å². The van der Waals surface area contributed by atoms with E-state index in [1.54, 1.807) is 36.4 Å². The number of methoxy groups -OCH3 is 2. The van der Waals surface area contributed by atoms with Gasteiger partial charge in [-0.05, 0) is 54.1 Å². The lowest BCUT2D eigenvalue weighted by Crippen LogP contribution is -2.18. The Labute approximate surface area is 202 Å². The van der Waals surface area contributed by atoms with Gasteiger partial charge in [-0.15, -0.1) is 0 Å². The van der Waals surface area contributed by atoms with Gasteiger partial charge in [0.25, 0.3) is 5.91 Å². The van der Waals surface area contributed by atoms with Crippen molar-refractivity contribution in [3.8, 4) is 17.2 Å². The van der Waals surface area contributed by atoms with Gasteiger partial charge in [-0.3, -0.25) is 4.79 Å². The fourth-order valence-corrected chi connectivity index (χ4v) is 3.63. The third-order valence-corrected chi connectivity index (χ3v) is 5.39. The van der Waals surface area contributed by atoms with Crippen molar-refractivity contribution in [1.82, 2.24) is 5.43 Å². The van der Waals surface area contributed by atoms with Crippen LogP contribution in [0.25, 0.3) is 10.8 Å². The van der Waals surface area contributed by atoms with Crippen LogP contribution in [0.2, 0.25) is 0 Å². The Morgan fingerprint density at radius 3 is 2.34 bits per heavy atom. The van der Waals surface area contributed by atoms with Crippen LogP contribution in [0.1, 0.15) is 31.8 Å². The lowest BCUT2D eigenvalue weighted by molar-refractivity contribution is 0.0734.